The molecule has 0 aliphatic rings. The second-order valence-corrected chi connectivity index (χ2v) is 9.37. The Hall–Kier alpha value is -3.17. The van der Waals surface area contributed by atoms with Crippen LogP contribution in [0.5, 0.6) is 0 Å². The number of esters is 1. The molecule has 1 atom stereocenters. The van der Waals surface area contributed by atoms with Crippen LogP contribution in [0.1, 0.15) is 27.3 Å². The number of ether oxygens (including phenoxy) is 1. The number of hydrogen-bond acceptors (Lipinski definition) is 7. The van der Waals surface area contributed by atoms with Gasteiger partial charge in [-0.2, -0.15) is 0 Å². The summed E-state index contributed by atoms with van der Waals surface area (Å²) in [7, 11) is 1.66. The van der Waals surface area contributed by atoms with Gasteiger partial charge in [0.15, 0.2) is 6.10 Å². The van der Waals surface area contributed by atoms with Crippen molar-refractivity contribution in [3.8, 4) is 10.6 Å². The first-order valence-corrected chi connectivity index (χ1v) is 11.5. The molecule has 2 aromatic heterocycles. The number of carbonyl (C=O) groups excluding carboxylic acids is 2. The third-order valence-electron chi connectivity index (χ3n) is 4.79. The molecule has 1 amide bonds. The third-order valence-corrected chi connectivity index (χ3v) is 7.00. The van der Waals surface area contributed by atoms with Crippen molar-refractivity contribution < 1.29 is 18.7 Å². The van der Waals surface area contributed by atoms with E-state index in [1.54, 1.807) is 33.0 Å². The number of aryl methyl sites for hydroxylation is 1. The standard InChI is InChI=1S/C23H20FN3O3S2/c1-13-20(32-21(25-13)15-8-10-16(24)11-9-15)23(29)30-14(2)22(28)27(3)12-19-26-17-6-4-5-7-18(17)31-19/h4-11,14H,12H2,1-3H3. The highest BCUT2D eigenvalue weighted by Crippen LogP contribution is 2.29. The summed E-state index contributed by atoms with van der Waals surface area (Å²) >= 11 is 2.68. The smallest absolute Gasteiger partial charge is 0.351 e. The second-order valence-electron chi connectivity index (χ2n) is 7.26. The summed E-state index contributed by atoms with van der Waals surface area (Å²) in [4.78, 5) is 36.2. The molecular weight excluding hydrogens is 449 g/mol. The first kappa shape index (κ1) is 22.0. The van der Waals surface area contributed by atoms with Crippen LogP contribution >= 0.6 is 22.7 Å². The van der Waals surface area contributed by atoms with Crippen LogP contribution in [0.2, 0.25) is 0 Å². The Kier molecular flexibility index (Phi) is 6.29. The maximum atomic E-state index is 13.2. The molecule has 164 valence electrons. The summed E-state index contributed by atoms with van der Waals surface area (Å²) < 4.78 is 19.6. The van der Waals surface area contributed by atoms with Gasteiger partial charge in [-0.25, -0.2) is 19.2 Å². The Morgan fingerprint density at radius 1 is 1.09 bits per heavy atom. The summed E-state index contributed by atoms with van der Waals surface area (Å²) in [6, 6.07) is 13.7. The van der Waals surface area contributed by atoms with Gasteiger partial charge in [0.05, 0.1) is 22.5 Å². The van der Waals surface area contributed by atoms with E-state index in [0.29, 0.717) is 27.7 Å². The Labute approximate surface area is 192 Å². The van der Waals surface area contributed by atoms with Crippen molar-refractivity contribution >= 4 is 44.8 Å². The highest BCUT2D eigenvalue weighted by Gasteiger charge is 2.25. The first-order valence-electron chi connectivity index (χ1n) is 9.85. The van der Waals surface area contributed by atoms with Crippen molar-refractivity contribution in [1.29, 1.82) is 0 Å². The number of nitrogens with zero attached hydrogens (tertiary/aromatic N) is 3. The summed E-state index contributed by atoms with van der Waals surface area (Å²) in [6.07, 6.45) is -0.961. The van der Waals surface area contributed by atoms with Crippen LogP contribution in [0.25, 0.3) is 20.8 Å². The molecule has 4 rings (SSSR count). The number of carbonyl (C=O) groups is 2. The zero-order valence-electron chi connectivity index (χ0n) is 17.7. The lowest BCUT2D eigenvalue weighted by Crippen LogP contribution is -2.37. The molecule has 9 heteroatoms. The molecule has 0 N–H and O–H groups in total. The average molecular weight is 470 g/mol. The van der Waals surface area contributed by atoms with Crippen LogP contribution < -0.4 is 0 Å². The van der Waals surface area contributed by atoms with Gasteiger partial charge in [-0.1, -0.05) is 12.1 Å². The van der Waals surface area contributed by atoms with Crippen molar-refractivity contribution in [3.05, 3.63) is 69.9 Å². The van der Waals surface area contributed by atoms with Crippen LogP contribution in [0, 0.1) is 12.7 Å². The number of para-hydroxylation sites is 1. The maximum absolute atomic E-state index is 13.2. The molecule has 0 aliphatic heterocycles. The van der Waals surface area contributed by atoms with Crippen LogP contribution in [0.3, 0.4) is 0 Å². The number of fused-ring (bicyclic) bond motifs is 1. The van der Waals surface area contributed by atoms with E-state index in [-0.39, 0.29) is 11.7 Å². The van der Waals surface area contributed by atoms with E-state index in [2.05, 4.69) is 9.97 Å². The summed E-state index contributed by atoms with van der Waals surface area (Å²) in [5.41, 5.74) is 2.10. The van der Waals surface area contributed by atoms with E-state index in [9.17, 15) is 14.0 Å². The van der Waals surface area contributed by atoms with E-state index >= 15 is 0 Å². The third kappa shape index (κ3) is 4.68. The molecule has 4 aromatic rings. The van der Waals surface area contributed by atoms with Crippen LogP contribution in [0.15, 0.2) is 48.5 Å². The zero-order valence-corrected chi connectivity index (χ0v) is 19.3. The van der Waals surface area contributed by atoms with Gasteiger partial charge in [-0.3, -0.25) is 4.79 Å². The molecule has 32 heavy (non-hydrogen) atoms. The molecule has 0 fully saturated rings. The molecule has 0 bridgehead atoms. The Morgan fingerprint density at radius 3 is 2.53 bits per heavy atom. The van der Waals surface area contributed by atoms with Gasteiger partial charge in [-0.15, -0.1) is 22.7 Å². The summed E-state index contributed by atoms with van der Waals surface area (Å²) in [5, 5.41) is 1.39. The monoisotopic (exact) mass is 469 g/mol. The predicted octanol–water partition coefficient (Wildman–Crippen LogP) is 5.07. The molecule has 6 nitrogen and oxygen atoms in total. The number of aromatic nitrogens is 2. The first-order chi connectivity index (χ1) is 15.3. The van der Waals surface area contributed by atoms with Gasteiger partial charge in [0.1, 0.15) is 20.7 Å². The minimum Gasteiger partial charge on any atom is -0.448 e. The van der Waals surface area contributed by atoms with E-state index in [0.717, 1.165) is 26.6 Å². The number of rotatable bonds is 6. The normalized spacial score (nSPS) is 12.0. The number of likely N-dealkylation sites (N-methyl/N-ethyl adjacent to an activating group) is 1. The molecule has 0 spiro atoms. The largest absolute Gasteiger partial charge is 0.448 e. The molecule has 0 radical (unpaired) electrons. The van der Waals surface area contributed by atoms with Crippen molar-refractivity contribution in [3.63, 3.8) is 0 Å². The molecule has 1 unspecified atom stereocenters. The molecule has 0 saturated carbocycles. The van der Waals surface area contributed by atoms with Crippen molar-refractivity contribution in [2.45, 2.75) is 26.5 Å². The number of amides is 1. The van der Waals surface area contributed by atoms with Gasteiger partial charge in [0.2, 0.25) is 0 Å². The minimum absolute atomic E-state index is 0.317. The van der Waals surface area contributed by atoms with Crippen molar-refractivity contribution in [2.24, 2.45) is 0 Å². The number of halogens is 1. The molecule has 2 aromatic carbocycles. The van der Waals surface area contributed by atoms with E-state index in [1.165, 1.54) is 28.4 Å². The van der Waals surface area contributed by atoms with Gasteiger partial charge in [0, 0.05) is 12.6 Å². The topological polar surface area (TPSA) is 72.4 Å². The Morgan fingerprint density at radius 2 is 1.81 bits per heavy atom. The fourth-order valence-electron chi connectivity index (χ4n) is 3.14. The number of hydrogen-bond donors (Lipinski definition) is 0. The van der Waals surface area contributed by atoms with Crippen LogP contribution in [0.4, 0.5) is 4.39 Å². The summed E-state index contributed by atoms with van der Waals surface area (Å²) in [6.45, 7) is 3.58. The molecule has 0 aliphatic carbocycles. The number of thiazole rings is 2. The summed E-state index contributed by atoms with van der Waals surface area (Å²) in [5.74, 6) is -1.27. The molecule has 2 heterocycles. The zero-order chi connectivity index (χ0) is 22.8. The van der Waals surface area contributed by atoms with Crippen molar-refractivity contribution in [2.75, 3.05) is 7.05 Å². The molecule has 0 saturated heterocycles. The SMILES string of the molecule is Cc1nc(-c2ccc(F)cc2)sc1C(=O)OC(C)C(=O)N(C)Cc1nc2ccccc2s1. The highest BCUT2D eigenvalue weighted by molar-refractivity contribution is 7.18. The lowest BCUT2D eigenvalue weighted by Gasteiger charge is -2.20. The Balaban J connectivity index is 1.41. The van der Waals surface area contributed by atoms with Gasteiger partial charge >= 0.3 is 5.97 Å². The van der Waals surface area contributed by atoms with Gasteiger partial charge < -0.3 is 9.64 Å². The van der Waals surface area contributed by atoms with E-state index in [4.69, 9.17) is 4.74 Å². The minimum atomic E-state index is -0.961. The maximum Gasteiger partial charge on any atom is 0.351 e. The fourth-order valence-corrected chi connectivity index (χ4v) is 5.12. The molecular formula is C23H20FN3O3S2. The highest BCUT2D eigenvalue weighted by atomic mass is 32.1. The quantitative estimate of drug-likeness (QED) is 0.369. The van der Waals surface area contributed by atoms with E-state index in [1.807, 2.05) is 24.3 Å². The van der Waals surface area contributed by atoms with Crippen molar-refractivity contribution in [1.82, 2.24) is 14.9 Å². The van der Waals surface area contributed by atoms with Gasteiger partial charge in [0.25, 0.3) is 5.91 Å². The fraction of sp³-hybridized carbons (Fsp3) is 0.217. The van der Waals surface area contributed by atoms with E-state index < -0.39 is 12.1 Å². The lowest BCUT2D eigenvalue weighted by molar-refractivity contribution is -0.139. The van der Waals surface area contributed by atoms with Crippen LogP contribution in [-0.4, -0.2) is 39.9 Å². The Bertz CT molecular complexity index is 1250. The van der Waals surface area contributed by atoms with Crippen LogP contribution in [-0.2, 0) is 16.1 Å². The van der Waals surface area contributed by atoms with Gasteiger partial charge in [-0.05, 0) is 50.2 Å². The average Bonchev–Trinajstić information content (AvgIpc) is 3.36. The lowest BCUT2D eigenvalue weighted by atomic mass is 10.2. The predicted molar refractivity (Wildman–Crippen MR) is 123 cm³/mol. The second kappa shape index (κ2) is 9.13. The number of benzene rings is 2.